The van der Waals surface area contributed by atoms with Crippen LogP contribution in [0.3, 0.4) is 0 Å². The molecule has 0 heterocycles. The Hall–Kier alpha value is -0.570. The molecule has 0 aliphatic heterocycles. The molecule has 0 aromatic heterocycles. The molecular formula is C12H26N2O. The molecule has 0 aliphatic rings. The zero-order chi connectivity index (χ0) is 11.8. The van der Waals surface area contributed by atoms with E-state index in [4.69, 9.17) is 0 Å². The number of likely N-dealkylation sites (N-methyl/N-ethyl adjacent to an activating group) is 1. The molecule has 0 aliphatic carbocycles. The number of carbonyl (C=O) groups is 1. The number of hydrogen-bond donors (Lipinski definition) is 1. The number of nitrogens with one attached hydrogen (secondary N) is 1. The van der Waals surface area contributed by atoms with Crippen molar-refractivity contribution >= 4 is 5.91 Å². The van der Waals surface area contributed by atoms with Gasteiger partial charge in [-0.2, -0.15) is 0 Å². The Morgan fingerprint density at radius 2 is 1.87 bits per heavy atom. The van der Waals surface area contributed by atoms with Gasteiger partial charge in [-0.3, -0.25) is 4.79 Å². The van der Waals surface area contributed by atoms with Gasteiger partial charge in [0.25, 0.3) is 0 Å². The molecule has 1 amide bonds. The summed E-state index contributed by atoms with van der Waals surface area (Å²) in [4.78, 5) is 13.0. The van der Waals surface area contributed by atoms with Gasteiger partial charge in [-0.05, 0) is 18.8 Å². The average Bonchev–Trinajstić information content (AvgIpc) is 2.22. The second-order valence-corrected chi connectivity index (χ2v) is 4.52. The summed E-state index contributed by atoms with van der Waals surface area (Å²) in [6.45, 7) is 7.10. The van der Waals surface area contributed by atoms with Crippen LogP contribution in [0.5, 0.6) is 0 Å². The van der Waals surface area contributed by atoms with Crippen LogP contribution in [-0.4, -0.2) is 37.5 Å². The molecule has 0 rings (SSSR count). The Bertz CT molecular complexity index is 180. The molecule has 3 heteroatoms. The molecule has 3 nitrogen and oxygen atoms in total. The summed E-state index contributed by atoms with van der Waals surface area (Å²) < 4.78 is 0. The van der Waals surface area contributed by atoms with Crippen molar-refractivity contribution in [1.29, 1.82) is 0 Å². The van der Waals surface area contributed by atoms with Crippen LogP contribution >= 0.6 is 0 Å². The molecule has 0 radical (unpaired) electrons. The van der Waals surface area contributed by atoms with E-state index in [1.54, 1.807) is 19.0 Å². The SMILES string of the molecule is CC[C@@H](C)C[C@H](CC)NCC(=O)N(C)C. The van der Waals surface area contributed by atoms with E-state index in [-0.39, 0.29) is 5.91 Å². The molecule has 0 bridgehead atoms. The Kier molecular flexibility index (Phi) is 7.39. The highest BCUT2D eigenvalue weighted by molar-refractivity contribution is 5.77. The van der Waals surface area contributed by atoms with E-state index >= 15 is 0 Å². The van der Waals surface area contributed by atoms with Crippen molar-refractivity contribution in [2.24, 2.45) is 5.92 Å². The first-order valence-corrected chi connectivity index (χ1v) is 5.94. The van der Waals surface area contributed by atoms with Gasteiger partial charge >= 0.3 is 0 Å². The van der Waals surface area contributed by atoms with E-state index in [2.05, 4.69) is 26.1 Å². The lowest BCUT2D eigenvalue weighted by Gasteiger charge is -2.21. The maximum Gasteiger partial charge on any atom is 0.236 e. The van der Waals surface area contributed by atoms with Gasteiger partial charge in [-0.15, -0.1) is 0 Å². The topological polar surface area (TPSA) is 32.3 Å². The lowest BCUT2D eigenvalue weighted by atomic mass is 9.98. The number of rotatable bonds is 7. The second kappa shape index (κ2) is 7.69. The van der Waals surface area contributed by atoms with E-state index < -0.39 is 0 Å². The molecule has 15 heavy (non-hydrogen) atoms. The highest BCUT2D eigenvalue weighted by Gasteiger charge is 2.12. The highest BCUT2D eigenvalue weighted by Crippen LogP contribution is 2.11. The molecule has 0 fully saturated rings. The molecule has 0 spiro atoms. The van der Waals surface area contributed by atoms with Crippen LogP contribution in [0.25, 0.3) is 0 Å². The van der Waals surface area contributed by atoms with Crippen LogP contribution in [-0.2, 0) is 4.79 Å². The van der Waals surface area contributed by atoms with Gasteiger partial charge in [0, 0.05) is 20.1 Å². The minimum absolute atomic E-state index is 0.151. The molecule has 2 atom stereocenters. The molecule has 0 saturated heterocycles. The second-order valence-electron chi connectivity index (χ2n) is 4.52. The van der Waals surface area contributed by atoms with Gasteiger partial charge in [0.1, 0.15) is 0 Å². The molecule has 0 aromatic carbocycles. The van der Waals surface area contributed by atoms with Gasteiger partial charge in [0.15, 0.2) is 0 Å². The van der Waals surface area contributed by atoms with Crippen molar-refractivity contribution in [2.45, 2.75) is 46.1 Å². The van der Waals surface area contributed by atoms with Gasteiger partial charge < -0.3 is 10.2 Å². The first-order valence-electron chi connectivity index (χ1n) is 5.94. The van der Waals surface area contributed by atoms with E-state index in [9.17, 15) is 4.79 Å². The van der Waals surface area contributed by atoms with E-state index in [1.165, 1.54) is 6.42 Å². The molecule has 90 valence electrons. The standard InChI is InChI=1S/C12H26N2O/c1-6-10(3)8-11(7-2)13-9-12(15)14(4)5/h10-11,13H,6-9H2,1-5H3/t10-,11+/m1/s1. The summed E-state index contributed by atoms with van der Waals surface area (Å²) in [5.74, 6) is 0.884. The highest BCUT2D eigenvalue weighted by atomic mass is 16.2. The molecule has 0 aromatic rings. The minimum Gasteiger partial charge on any atom is -0.348 e. The van der Waals surface area contributed by atoms with Crippen molar-refractivity contribution < 1.29 is 4.79 Å². The number of nitrogens with zero attached hydrogens (tertiary/aromatic N) is 1. The number of carbonyl (C=O) groups excluding carboxylic acids is 1. The van der Waals surface area contributed by atoms with Crippen LogP contribution in [0, 0.1) is 5.92 Å². The Morgan fingerprint density at radius 3 is 2.27 bits per heavy atom. The van der Waals surface area contributed by atoms with Crippen LogP contribution < -0.4 is 5.32 Å². The Morgan fingerprint density at radius 1 is 1.27 bits per heavy atom. The fourth-order valence-electron chi connectivity index (χ4n) is 1.44. The summed E-state index contributed by atoms with van der Waals surface area (Å²) in [6.07, 6.45) is 3.46. The predicted octanol–water partition coefficient (Wildman–Crippen LogP) is 1.88. The van der Waals surface area contributed by atoms with Gasteiger partial charge in [-0.25, -0.2) is 0 Å². The minimum atomic E-state index is 0.151. The fraction of sp³-hybridized carbons (Fsp3) is 0.917. The average molecular weight is 214 g/mol. The fourth-order valence-corrected chi connectivity index (χ4v) is 1.44. The smallest absolute Gasteiger partial charge is 0.236 e. The van der Waals surface area contributed by atoms with Crippen LogP contribution in [0.2, 0.25) is 0 Å². The summed E-state index contributed by atoms with van der Waals surface area (Å²) in [6, 6.07) is 0.476. The Balaban J connectivity index is 3.84. The third-order valence-electron chi connectivity index (χ3n) is 2.92. The predicted molar refractivity (Wildman–Crippen MR) is 64.8 cm³/mol. The molecule has 0 saturated carbocycles. The third-order valence-corrected chi connectivity index (χ3v) is 2.92. The van der Waals surface area contributed by atoms with Crippen LogP contribution in [0.15, 0.2) is 0 Å². The van der Waals surface area contributed by atoms with Crippen LogP contribution in [0.4, 0.5) is 0 Å². The molecular weight excluding hydrogens is 188 g/mol. The van der Waals surface area contributed by atoms with Crippen molar-refractivity contribution in [3.63, 3.8) is 0 Å². The maximum absolute atomic E-state index is 11.4. The number of amides is 1. The first-order chi connectivity index (χ1) is 7.01. The summed E-state index contributed by atoms with van der Waals surface area (Å²) in [5, 5.41) is 3.32. The van der Waals surface area contributed by atoms with Gasteiger partial charge in [0.2, 0.25) is 5.91 Å². The zero-order valence-corrected chi connectivity index (χ0v) is 10.8. The normalized spacial score (nSPS) is 14.7. The maximum atomic E-state index is 11.4. The van der Waals surface area contributed by atoms with Crippen molar-refractivity contribution in [3.8, 4) is 0 Å². The van der Waals surface area contributed by atoms with Crippen molar-refractivity contribution in [3.05, 3.63) is 0 Å². The Labute approximate surface area is 94.2 Å². The van der Waals surface area contributed by atoms with Gasteiger partial charge in [-0.1, -0.05) is 27.2 Å². The quantitative estimate of drug-likeness (QED) is 0.702. The molecule has 0 unspecified atom stereocenters. The summed E-state index contributed by atoms with van der Waals surface area (Å²) in [5.41, 5.74) is 0. The van der Waals surface area contributed by atoms with Crippen molar-refractivity contribution in [2.75, 3.05) is 20.6 Å². The largest absolute Gasteiger partial charge is 0.348 e. The third kappa shape index (κ3) is 6.50. The lowest BCUT2D eigenvalue weighted by Crippen LogP contribution is -2.39. The zero-order valence-electron chi connectivity index (χ0n) is 10.8. The first kappa shape index (κ1) is 14.4. The monoisotopic (exact) mass is 214 g/mol. The summed E-state index contributed by atoms with van der Waals surface area (Å²) in [7, 11) is 3.58. The van der Waals surface area contributed by atoms with E-state index in [0.29, 0.717) is 12.6 Å². The number of hydrogen-bond acceptors (Lipinski definition) is 2. The molecule has 1 N–H and O–H groups in total. The van der Waals surface area contributed by atoms with Crippen molar-refractivity contribution in [1.82, 2.24) is 10.2 Å². The lowest BCUT2D eigenvalue weighted by molar-refractivity contribution is -0.127. The van der Waals surface area contributed by atoms with E-state index in [0.717, 1.165) is 18.8 Å². The van der Waals surface area contributed by atoms with E-state index in [1.807, 2.05) is 0 Å². The summed E-state index contributed by atoms with van der Waals surface area (Å²) >= 11 is 0. The van der Waals surface area contributed by atoms with Gasteiger partial charge in [0.05, 0.1) is 6.54 Å². The van der Waals surface area contributed by atoms with Crippen LogP contribution in [0.1, 0.15) is 40.0 Å².